The molecule has 1 aliphatic rings. The first-order chi connectivity index (χ1) is 7.63. The van der Waals surface area contributed by atoms with Gasteiger partial charge in [-0.05, 0) is 6.07 Å². The summed E-state index contributed by atoms with van der Waals surface area (Å²) < 4.78 is 5.33. The lowest BCUT2D eigenvalue weighted by Crippen LogP contribution is -2.32. The molecule has 5 nitrogen and oxygen atoms in total. The largest absolute Gasteiger partial charge is 0.394 e. The quantitative estimate of drug-likeness (QED) is 0.677. The molecule has 0 saturated carbocycles. The number of aliphatic hydroxyl groups is 3. The number of aromatic nitrogens is 1. The number of hydrogen-bond donors (Lipinski definition) is 3. The summed E-state index contributed by atoms with van der Waals surface area (Å²) in [6, 6.07) is 1.61. The minimum absolute atomic E-state index is 0.345. The maximum atomic E-state index is 9.75. The number of ether oxygens (including phenoxy) is 1. The molecule has 16 heavy (non-hydrogen) atoms. The van der Waals surface area contributed by atoms with Crippen LogP contribution in [0.1, 0.15) is 11.7 Å². The first-order valence-corrected chi connectivity index (χ1v) is 5.24. The second kappa shape index (κ2) is 4.65. The van der Waals surface area contributed by atoms with Crippen LogP contribution in [-0.4, -0.2) is 45.2 Å². The number of rotatable bonds is 2. The van der Waals surface area contributed by atoms with E-state index in [-0.39, 0.29) is 6.61 Å². The number of halogens is 1. The number of aliphatic hydroxyl groups excluding tert-OH is 3. The van der Waals surface area contributed by atoms with Gasteiger partial charge < -0.3 is 20.1 Å². The molecule has 1 saturated heterocycles. The molecule has 1 fully saturated rings. The molecule has 4 atom stereocenters. The Kier molecular flexibility index (Phi) is 3.41. The molecular formula is C10H12ClNO4. The van der Waals surface area contributed by atoms with Crippen LogP contribution in [-0.2, 0) is 4.74 Å². The van der Waals surface area contributed by atoms with E-state index in [1.165, 1.54) is 12.4 Å². The molecule has 1 aromatic rings. The molecule has 0 bridgehead atoms. The lowest BCUT2D eigenvalue weighted by molar-refractivity contribution is -0.0228. The smallest absolute Gasteiger partial charge is 0.113 e. The maximum Gasteiger partial charge on any atom is 0.113 e. The van der Waals surface area contributed by atoms with E-state index in [0.717, 1.165) is 0 Å². The first kappa shape index (κ1) is 11.8. The fourth-order valence-corrected chi connectivity index (χ4v) is 1.94. The van der Waals surface area contributed by atoms with E-state index in [1.807, 2.05) is 0 Å². The second-order valence-electron chi connectivity index (χ2n) is 3.70. The third-order valence-electron chi connectivity index (χ3n) is 2.60. The van der Waals surface area contributed by atoms with E-state index in [1.54, 1.807) is 6.07 Å². The van der Waals surface area contributed by atoms with Crippen molar-refractivity contribution in [1.29, 1.82) is 0 Å². The molecule has 0 spiro atoms. The minimum atomic E-state index is -1.10. The van der Waals surface area contributed by atoms with Crippen LogP contribution < -0.4 is 0 Å². The summed E-state index contributed by atoms with van der Waals surface area (Å²) in [5.74, 6) is 0. The average Bonchev–Trinajstić information content (AvgIpc) is 2.56. The Morgan fingerprint density at radius 1 is 1.31 bits per heavy atom. The highest BCUT2D eigenvalue weighted by Gasteiger charge is 2.43. The van der Waals surface area contributed by atoms with Gasteiger partial charge in [0.25, 0.3) is 0 Å². The first-order valence-electron chi connectivity index (χ1n) is 4.86. The van der Waals surface area contributed by atoms with Crippen molar-refractivity contribution in [3.8, 4) is 0 Å². The summed E-state index contributed by atoms with van der Waals surface area (Å²) in [4.78, 5) is 3.87. The summed E-state index contributed by atoms with van der Waals surface area (Å²) >= 11 is 5.77. The zero-order valence-electron chi connectivity index (χ0n) is 8.32. The van der Waals surface area contributed by atoms with Crippen molar-refractivity contribution < 1.29 is 20.1 Å². The van der Waals surface area contributed by atoms with Gasteiger partial charge in [-0.2, -0.15) is 0 Å². The van der Waals surface area contributed by atoms with Crippen molar-refractivity contribution >= 4 is 11.6 Å². The lowest BCUT2D eigenvalue weighted by Gasteiger charge is -2.14. The van der Waals surface area contributed by atoms with Gasteiger partial charge in [-0.15, -0.1) is 0 Å². The maximum absolute atomic E-state index is 9.75. The van der Waals surface area contributed by atoms with Gasteiger partial charge in [0.05, 0.1) is 11.6 Å². The predicted molar refractivity (Wildman–Crippen MR) is 56.0 cm³/mol. The Morgan fingerprint density at radius 2 is 2.06 bits per heavy atom. The Hall–Kier alpha value is -0.720. The number of nitrogens with zero attached hydrogens (tertiary/aromatic N) is 1. The van der Waals surface area contributed by atoms with Gasteiger partial charge in [-0.3, -0.25) is 4.98 Å². The fourth-order valence-electron chi connectivity index (χ4n) is 1.76. The highest BCUT2D eigenvalue weighted by atomic mass is 35.5. The van der Waals surface area contributed by atoms with E-state index in [4.69, 9.17) is 21.4 Å². The molecule has 0 aromatic carbocycles. The molecule has 2 rings (SSSR count). The van der Waals surface area contributed by atoms with Gasteiger partial charge in [0.15, 0.2) is 0 Å². The van der Waals surface area contributed by atoms with Crippen LogP contribution >= 0.6 is 11.6 Å². The molecular weight excluding hydrogens is 234 g/mol. The Labute approximate surface area is 97.3 Å². The number of hydrogen-bond acceptors (Lipinski definition) is 5. The summed E-state index contributed by atoms with van der Waals surface area (Å²) in [6.45, 7) is -0.345. The highest BCUT2D eigenvalue weighted by molar-refractivity contribution is 6.30. The summed E-state index contributed by atoms with van der Waals surface area (Å²) in [6.07, 6.45) is -0.706. The molecule has 2 heterocycles. The molecule has 0 aliphatic carbocycles. The lowest BCUT2D eigenvalue weighted by atomic mass is 10.0. The standard InChI is InChI=1S/C10H12ClNO4/c11-6-1-5(2-12-3-6)10-9(15)8(14)7(4-13)16-10/h1-3,7-10,13-15H,4H2/t7-,8-,9-,10?/m1/s1. The Bertz CT molecular complexity index is 376. The van der Waals surface area contributed by atoms with Gasteiger partial charge in [-0.1, -0.05) is 11.6 Å². The average molecular weight is 246 g/mol. The van der Waals surface area contributed by atoms with Crippen molar-refractivity contribution in [2.24, 2.45) is 0 Å². The molecule has 88 valence electrons. The zero-order valence-corrected chi connectivity index (χ0v) is 9.08. The second-order valence-corrected chi connectivity index (χ2v) is 4.13. The van der Waals surface area contributed by atoms with Crippen LogP contribution in [0.4, 0.5) is 0 Å². The topological polar surface area (TPSA) is 82.8 Å². The van der Waals surface area contributed by atoms with Crippen LogP contribution in [0.25, 0.3) is 0 Å². The number of pyridine rings is 1. The molecule has 1 aromatic heterocycles. The van der Waals surface area contributed by atoms with Crippen molar-refractivity contribution in [3.63, 3.8) is 0 Å². The summed E-state index contributed by atoms with van der Waals surface area (Å²) in [5, 5.41) is 28.7. The molecule has 0 amide bonds. The fraction of sp³-hybridized carbons (Fsp3) is 0.500. The van der Waals surface area contributed by atoms with Crippen molar-refractivity contribution in [2.75, 3.05) is 6.61 Å². The molecule has 1 aliphatic heterocycles. The van der Waals surface area contributed by atoms with Gasteiger partial charge >= 0.3 is 0 Å². The van der Waals surface area contributed by atoms with E-state index in [0.29, 0.717) is 10.6 Å². The van der Waals surface area contributed by atoms with Crippen LogP contribution in [0.2, 0.25) is 5.02 Å². The van der Waals surface area contributed by atoms with Crippen LogP contribution in [0.15, 0.2) is 18.5 Å². The normalized spacial score (nSPS) is 34.2. The van der Waals surface area contributed by atoms with Crippen molar-refractivity contribution in [1.82, 2.24) is 4.98 Å². The van der Waals surface area contributed by atoms with E-state index >= 15 is 0 Å². The van der Waals surface area contributed by atoms with Gasteiger partial charge in [0, 0.05) is 18.0 Å². The van der Waals surface area contributed by atoms with Crippen LogP contribution in [0.3, 0.4) is 0 Å². The Balaban J connectivity index is 2.23. The molecule has 6 heteroatoms. The van der Waals surface area contributed by atoms with Crippen LogP contribution in [0, 0.1) is 0 Å². The predicted octanol–water partition coefficient (Wildman–Crippen LogP) is -0.111. The van der Waals surface area contributed by atoms with Crippen molar-refractivity contribution in [3.05, 3.63) is 29.0 Å². The molecule has 1 unspecified atom stereocenters. The van der Waals surface area contributed by atoms with E-state index in [9.17, 15) is 10.2 Å². The Morgan fingerprint density at radius 3 is 2.62 bits per heavy atom. The monoisotopic (exact) mass is 245 g/mol. The van der Waals surface area contributed by atoms with Crippen molar-refractivity contribution in [2.45, 2.75) is 24.4 Å². The third-order valence-corrected chi connectivity index (χ3v) is 2.80. The third kappa shape index (κ3) is 2.05. The van der Waals surface area contributed by atoms with Gasteiger partial charge in [0.1, 0.15) is 24.4 Å². The summed E-state index contributed by atoms with van der Waals surface area (Å²) in [5.41, 5.74) is 0.579. The van der Waals surface area contributed by atoms with E-state index in [2.05, 4.69) is 4.98 Å². The van der Waals surface area contributed by atoms with Crippen LogP contribution in [0.5, 0.6) is 0 Å². The van der Waals surface area contributed by atoms with Gasteiger partial charge in [-0.25, -0.2) is 0 Å². The molecule has 0 radical (unpaired) electrons. The SMILES string of the molecule is OC[C@H]1OC(c2cncc(Cl)c2)[C@H](O)[C@@H]1O. The highest BCUT2D eigenvalue weighted by Crippen LogP contribution is 2.33. The summed E-state index contributed by atoms with van der Waals surface area (Å²) in [7, 11) is 0. The zero-order chi connectivity index (χ0) is 11.7. The minimum Gasteiger partial charge on any atom is -0.394 e. The molecule has 3 N–H and O–H groups in total. The van der Waals surface area contributed by atoms with Gasteiger partial charge in [0.2, 0.25) is 0 Å². The van der Waals surface area contributed by atoms with E-state index < -0.39 is 24.4 Å².